The third-order valence-corrected chi connectivity index (χ3v) is 2.50. The lowest BCUT2D eigenvalue weighted by Gasteiger charge is -1.91. The van der Waals surface area contributed by atoms with Crippen molar-refractivity contribution in [3.8, 4) is 0 Å². The number of allylic oxidation sites excluding steroid dienone is 1. The van der Waals surface area contributed by atoms with E-state index in [1.54, 1.807) is 35.9 Å². The Balaban J connectivity index is 2.09. The first kappa shape index (κ1) is 8.90. The molecule has 2 heterocycles. The van der Waals surface area contributed by atoms with E-state index in [0.29, 0.717) is 0 Å². The van der Waals surface area contributed by atoms with Gasteiger partial charge in [0.15, 0.2) is 0 Å². The zero-order valence-electron chi connectivity index (χ0n) is 7.33. The lowest BCUT2D eigenvalue weighted by atomic mass is 10.4. The lowest BCUT2D eigenvalue weighted by molar-refractivity contribution is 0.0955. The minimum atomic E-state index is -0.136. The highest BCUT2D eigenvalue weighted by molar-refractivity contribution is 7.10. The van der Waals surface area contributed by atoms with Gasteiger partial charge < -0.3 is 0 Å². The van der Waals surface area contributed by atoms with Gasteiger partial charge in [-0.25, -0.2) is 4.68 Å². The maximum Gasteiger partial charge on any atom is 0.270 e. The molecule has 0 saturated carbocycles. The fourth-order valence-electron chi connectivity index (χ4n) is 1.02. The number of thiophene rings is 1. The maximum atomic E-state index is 11.4. The van der Waals surface area contributed by atoms with Crippen molar-refractivity contribution < 1.29 is 4.79 Å². The minimum absolute atomic E-state index is 0.136. The largest absolute Gasteiger partial charge is 0.270 e. The summed E-state index contributed by atoms with van der Waals surface area (Å²) in [5.41, 5.74) is 0. The zero-order valence-corrected chi connectivity index (χ0v) is 8.15. The van der Waals surface area contributed by atoms with Crippen LogP contribution >= 0.6 is 11.3 Å². The summed E-state index contributed by atoms with van der Waals surface area (Å²) < 4.78 is 1.30. The molecule has 2 rings (SSSR count). The van der Waals surface area contributed by atoms with Gasteiger partial charge in [-0.2, -0.15) is 5.10 Å². The molecule has 0 radical (unpaired) electrons. The van der Waals surface area contributed by atoms with Crippen LogP contribution in [0.15, 0.2) is 42.0 Å². The molecule has 0 N–H and O–H groups in total. The molecule has 4 heteroatoms. The van der Waals surface area contributed by atoms with Crippen molar-refractivity contribution in [2.45, 2.75) is 0 Å². The summed E-state index contributed by atoms with van der Waals surface area (Å²) in [6.45, 7) is 0. The Morgan fingerprint density at radius 3 is 3.07 bits per heavy atom. The van der Waals surface area contributed by atoms with Crippen LogP contribution < -0.4 is 0 Å². The number of rotatable bonds is 2. The molecule has 0 fully saturated rings. The summed E-state index contributed by atoms with van der Waals surface area (Å²) in [6.07, 6.45) is 6.51. The normalized spacial score (nSPS) is 10.9. The molecule has 0 saturated heterocycles. The smallest absolute Gasteiger partial charge is 0.267 e. The van der Waals surface area contributed by atoms with Gasteiger partial charge in [0.05, 0.1) is 0 Å². The molecule has 14 heavy (non-hydrogen) atoms. The van der Waals surface area contributed by atoms with E-state index in [2.05, 4.69) is 5.10 Å². The molecule has 2 aromatic rings. The number of carbonyl (C=O) groups excluding carboxylic acids is 1. The predicted molar refractivity (Wildman–Crippen MR) is 56.2 cm³/mol. The van der Waals surface area contributed by atoms with E-state index in [1.165, 1.54) is 10.8 Å². The van der Waals surface area contributed by atoms with E-state index in [-0.39, 0.29) is 5.91 Å². The van der Waals surface area contributed by atoms with E-state index in [1.807, 2.05) is 17.5 Å². The third kappa shape index (κ3) is 1.97. The second kappa shape index (κ2) is 4.02. The number of nitrogens with zero attached hydrogens (tertiary/aromatic N) is 2. The molecule has 70 valence electrons. The van der Waals surface area contributed by atoms with Crippen LogP contribution in [0, 0.1) is 0 Å². The third-order valence-electron chi connectivity index (χ3n) is 1.66. The molecule has 0 aliphatic carbocycles. The number of hydrogen-bond acceptors (Lipinski definition) is 3. The monoisotopic (exact) mass is 204 g/mol. The van der Waals surface area contributed by atoms with E-state index in [0.717, 1.165) is 4.88 Å². The highest BCUT2D eigenvalue weighted by atomic mass is 32.1. The van der Waals surface area contributed by atoms with Crippen LogP contribution in [-0.2, 0) is 0 Å². The Bertz CT molecular complexity index is 429. The van der Waals surface area contributed by atoms with Crippen LogP contribution in [-0.4, -0.2) is 15.7 Å². The summed E-state index contributed by atoms with van der Waals surface area (Å²) >= 11 is 1.59. The summed E-state index contributed by atoms with van der Waals surface area (Å²) in [5, 5.41) is 5.81. The van der Waals surface area contributed by atoms with Crippen LogP contribution in [0.2, 0.25) is 0 Å². The standard InChI is InChI=1S/C10H8N2OS/c13-10(12-7-2-6-11-12)5-4-9-3-1-8-14-9/h1-8H/b5-4+. The van der Waals surface area contributed by atoms with Gasteiger partial charge in [-0.05, 0) is 23.6 Å². The SMILES string of the molecule is O=C(/C=C/c1cccs1)n1cccn1. The maximum absolute atomic E-state index is 11.4. The number of carbonyl (C=O) groups is 1. The van der Waals surface area contributed by atoms with E-state index in [4.69, 9.17) is 0 Å². The Labute approximate surface area is 85.3 Å². The van der Waals surface area contributed by atoms with Crippen molar-refractivity contribution in [3.05, 3.63) is 46.9 Å². The fourth-order valence-corrected chi connectivity index (χ4v) is 1.63. The molecular weight excluding hydrogens is 196 g/mol. The molecule has 0 aliphatic heterocycles. The highest BCUT2D eigenvalue weighted by Crippen LogP contribution is 2.10. The quantitative estimate of drug-likeness (QED) is 0.703. The van der Waals surface area contributed by atoms with Gasteiger partial charge in [0, 0.05) is 23.3 Å². The first-order valence-corrected chi connectivity index (χ1v) is 5.00. The van der Waals surface area contributed by atoms with Crippen LogP contribution in [0.5, 0.6) is 0 Å². The van der Waals surface area contributed by atoms with Crippen molar-refractivity contribution >= 4 is 23.3 Å². The van der Waals surface area contributed by atoms with Gasteiger partial charge in [0.2, 0.25) is 0 Å². The average molecular weight is 204 g/mol. The van der Waals surface area contributed by atoms with Crippen molar-refractivity contribution in [1.29, 1.82) is 0 Å². The van der Waals surface area contributed by atoms with Gasteiger partial charge in [-0.3, -0.25) is 4.79 Å². The molecule has 0 amide bonds. The van der Waals surface area contributed by atoms with E-state index >= 15 is 0 Å². The first-order valence-electron chi connectivity index (χ1n) is 4.12. The summed E-state index contributed by atoms with van der Waals surface area (Å²) in [6, 6.07) is 5.62. The van der Waals surface area contributed by atoms with Crippen LogP contribution in [0.4, 0.5) is 0 Å². The number of hydrogen-bond donors (Lipinski definition) is 0. The van der Waals surface area contributed by atoms with E-state index < -0.39 is 0 Å². The number of aromatic nitrogens is 2. The fraction of sp³-hybridized carbons (Fsp3) is 0. The van der Waals surface area contributed by atoms with Gasteiger partial charge in [0.1, 0.15) is 0 Å². The zero-order chi connectivity index (χ0) is 9.80. The molecule has 0 unspecified atom stereocenters. The Morgan fingerprint density at radius 1 is 1.50 bits per heavy atom. The second-order valence-corrected chi connectivity index (χ2v) is 3.62. The van der Waals surface area contributed by atoms with Crippen LogP contribution in [0.25, 0.3) is 6.08 Å². The van der Waals surface area contributed by atoms with Crippen LogP contribution in [0.3, 0.4) is 0 Å². The van der Waals surface area contributed by atoms with Crippen LogP contribution in [0.1, 0.15) is 9.67 Å². The molecule has 3 nitrogen and oxygen atoms in total. The van der Waals surface area contributed by atoms with Gasteiger partial charge in [-0.1, -0.05) is 6.07 Å². The van der Waals surface area contributed by atoms with Gasteiger partial charge in [0.25, 0.3) is 5.91 Å². The summed E-state index contributed by atoms with van der Waals surface area (Å²) in [5.74, 6) is -0.136. The average Bonchev–Trinajstić information content (AvgIpc) is 2.87. The molecule has 2 aromatic heterocycles. The van der Waals surface area contributed by atoms with Crippen molar-refractivity contribution in [2.75, 3.05) is 0 Å². The highest BCUT2D eigenvalue weighted by Gasteiger charge is 1.97. The summed E-state index contributed by atoms with van der Waals surface area (Å²) in [7, 11) is 0. The molecule has 0 bridgehead atoms. The predicted octanol–water partition coefficient (Wildman–Crippen LogP) is 2.30. The molecule has 0 aliphatic rings. The molecular formula is C10H8N2OS. The van der Waals surface area contributed by atoms with Crippen molar-refractivity contribution in [3.63, 3.8) is 0 Å². The minimum Gasteiger partial charge on any atom is -0.267 e. The molecule has 0 aromatic carbocycles. The summed E-state index contributed by atoms with van der Waals surface area (Å²) in [4.78, 5) is 12.5. The Hall–Kier alpha value is -1.68. The second-order valence-electron chi connectivity index (χ2n) is 2.64. The topological polar surface area (TPSA) is 34.9 Å². The Kier molecular flexibility index (Phi) is 2.55. The van der Waals surface area contributed by atoms with Gasteiger partial charge >= 0.3 is 0 Å². The van der Waals surface area contributed by atoms with Crippen molar-refractivity contribution in [2.24, 2.45) is 0 Å². The lowest BCUT2D eigenvalue weighted by Crippen LogP contribution is -2.06. The van der Waals surface area contributed by atoms with E-state index in [9.17, 15) is 4.79 Å². The molecule has 0 spiro atoms. The van der Waals surface area contributed by atoms with Gasteiger partial charge in [-0.15, -0.1) is 11.3 Å². The first-order chi connectivity index (χ1) is 6.86. The molecule has 0 atom stereocenters. The van der Waals surface area contributed by atoms with Crippen molar-refractivity contribution in [1.82, 2.24) is 9.78 Å². The Morgan fingerprint density at radius 2 is 2.43 bits per heavy atom.